The average Bonchev–Trinajstić information content (AvgIpc) is 0.939. The Morgan fingerprint density at radius 2 is 0.935 bits per heavy atom. The highest BCUT2D eigenvalue weighted by Crippen LogP contribution is 2.41. The lowest BCUT2D eigenvalue weighted by Gasteiger charge is -2.41. The highest BCUT2D eigenvalue weighted by atomic mass is 35.5. The predicted octanol–water partition coefficient (Wildman–Crippen LogP) is 12.0. The van der Waals surface area contributed by atoms with Crippen molar-refractivity contribution in [2.75, 3.05) is 193 Å². The fourth-order valence-corrected chi connectivity index (χ4v) is 19.4. The summed E-state index contributed by atoms with van der Waals surface area (Å²) < 4.78 is 33.6. The number of nitrogens with zero attached hydrogens (tertiary/aromatic N) is 20. The number of likely N-dealkylation sites (N-methyl/N-ethyl adjacent to an activating group) is 2. The first-order valence-corrected chi connectivity index (χ1v) is 44.3. The van der Waals surface area contributed by atoms with E-state index in [1.165, 1.54) is 95.4 Å². The second-order valence-corrected chi connectivity index (χ2v) is 33.4. The molecule has 0 saturated carbocycles. The number of carbonyl (C=O) groups is 3. The lowest BCUT2D eigenvalue weighted by atomic mass is 10.0. The van der Waals surface area contributed by atoms with Crippen molar-refractivity contribution in [2.45, 2.75) is 128 Å². The average molecular weight is 1690 g/mol. The smallest absolute Gasteiger partial charge is 0.318 e. The molecule has 8 aromatic rings. The number of hydrogen-bond acceptors (Lipinski definition) is 22. The van der Waals surface area contributed by atoms with Gasteiger partial charge in [-0.15, -0.1) is 0 Å². The van der Waals surface area contributed by atoms with Crippen LogP contribution in [-0.2, 0) is 53.3 Å². The van der Waals surface area contributed by atoms with Crippen LogP contribution in [0.1, 0.15) is 99.0 Å². The minimum atomic E-state index is -0.565. The van der Waals surface area contributed by atoms with Gasteiger partial charge in [0.05, 0.1) is 54.0 Å². The number of anilines is 6. The van der Waals surface area contributed by atoms with Gasteiger partial charge < -0.3 is 78.0 Å². The van der Waals surface area contributed by atoms with E-state index < -0.39 is 5.82 Å². The van der Waals surface area contributed by atoms with Gasteiger partial charge in [0.2, 0.25) is 30.8 Å². The number of piperidine rings is 1. The molecule has 3 aromatic heterocycles. The molecule has 0 bridgehead atoms. The molecule has 1 N–H and O–H groups in total. The zero-order valence-electron chi connectivity index (χ0n) is 71.1. The van der Waals surface area contributed by atoms with Crippen molar-refractivity contribution in [2.24, 2.45) is 0 Å². The summed E-state index contributed by atoms with van der Waals surface area (Å²) >= 11 is 6.01. The first-order valence-electron chi connectivity index (χ1n) is 44.0. The third-order valence-corrected chi connectivity index (χ3v) is 26.0. The number of ether oxygens (including phenoxy) is 3. The number of benzene rings is 5. The zero-order valence-corrected chi connectivity index (χ0v) is 71.8. The van der Waals surface area contributed by atoms with Crippen LogP contribution in [0.3, 0.4) is 0 Å². The summed E-state index contributed by atoms with van der Waals surface area (Å²) in [6.07, 6.45) is 15.6. The molecular formula is C94H114ClFN20O7. The second-order valence-electron chi connectivity index (χ2n) is 33.0. The fourth-order valence-electron chi connectivity index (χ4n) is 19.2. The van der Waals surface area contributed by atoms with Crippen LogP contribution in [-0.4, -0.2) is 270 Å². The van der Waals surface area contributed by atoms with E-state index in [1.807, 2.05) is 4.90 Å². The molecule has 646 valence electrons. The Labute approximate surface area is 726 Å². The topological polar surface area (TPSA) is 224 Å². The van der Waals surface area contributed by atoms with Crippen LogP contribution in [0.5, 0.6) is 23.8 Å². The van der Waals surface area contributed by atoms with Crippen molar-refractivity contribution in [3.8, 4) is 23.8 Å². The number of hydrogen-bond donors (Lipinski definition) is 1. The van der Waals surface area contributed by atoms with E-state index in [1.54, 1.807) is 14.7 Å². The van der Waals surface area contributed by atoms with Gasteiger partial charge in [-0.1, -0.05) is 124 Å². The molecule has 5 aromatic carbocycles. The van der Waals surface area contributed by atoms with E-state index >= 15 is 0 Å². The Morgan fingerprint density at radius 1 is 0.496 bits per heavy atom. The molecule has 0 radical (unpaired) electrons. The maximum Gasteiger partial charge on any atom is 0.318 e. The number of phenolic OH excluding ortho intramolecular Hbond substituents is 1. The lowest BCUT2D eigenvalue weighted by molar-refractivity contribution is -0.129. The Kier molecular flexibility index (Phi) is 28.6. The van der Waals surface area contributed by atoms with Crippen LogP contribution in [0.15, 0.2) is 135 Å². The van der Waals surface area contributed by atoms with Crippen molar-refractivity contribution in [1.29, 1.82) is 0 Å². The maximum absolute atomic E-state index is 14.9. The second kappa shape index (κ2) is 40.7. The Morgan fingerprint density at radius 3 is 1.40 bits per heavy atom. The third kappa shape index (κ3) is 20.1. The molecule has 3 amide bonds. The molecular weight excluding hydrogens is 1580 g/mol. The molecule has 29 heteroatoms. The SMILES string of the molecule is C=CC(=O)N1CCN(c2nc(OCCCN3CCCCC3)nc3c2CCN(c2cc(O)cc(Cl)c2F)C3)CC1.[C-]#[N+]CC1CN(c2nc(OC[C@@H]3CCCN3CC)nc3c2CCN(c2cccc4ccccc24)C3)CCN1C(=O)C=C.[C-]#[N+]C[C@H]1CN(c2nc(OC[C@@H]3CCCN3CC)nc3c2CCN(c2cccc4ccccc24)C3)CCN1C(=O)C=C. The zero-order chi connectivity index (χ0) is 85.5. The van der Waals surface area contributed by atoms with Crippen LogP contribution in [0.2, 0.25) is 5.02 Å². The van der Waals surface area contributed by atoms with Gasteiger partial charge in [-0.25, -0.2) is 17.5 Å². The van der Waals surface area contributed by atoms with Gasteiger partial charge in [-0.2, -0.15) is 29.9 Å². The van der Waals surface area contributed by atoms with E-state index in [4.69, 9.17) is 68.9 Å². The van der Waals surface area contributed by atoms with Gasteiger partial charge in [0.25, 0.3) is 0 Å². The van der Waals surface area contributed by atoms with Gasteiger partial charge in [0.1, 0.15) is 48.5 Å². The highest BCUT2D eigenvalue weighted by Gasteiger charge is 2.39. The first kappa shape index (κ1) is 86.5. The van der Waals surface area contributed by atoms with Crippen molar-refractivity contribution in [3.05, 3.63) is 202 Å². The van der Waals surface area contributed by atoms with Crippen molar-refractivity contribution < 1.29 is 38.1 Å². The van der Waals surface area contributed by atoms with Crippen LogP contribution < -0.4 is 43.6 Å². The highest BCUT2D eigenvalue weighted by molar-refractivity contribution is 6.31. The van der Waals surface area contributed by atoms with Crippen LogP contribution in [0.25, 0.3) is 31.2 Å². The predicted molar refractivity (Wildman–Crippen MR) is 481 cm³/mol. The van der Waals surface area contributed by atoms with E-state index in [9.17, 15) is 23.9 Å². The number of fused-ring (bicyclic) bond motifs is 5. The Bertz CT molecular complexity index is 4970. The summed E-state index contributed by atoms with van der Waals surface area (Å²) in [7, 11) is 0. The molecule has 6 fully saturated rings. The van der Waals surface area contributed by atoms with E-state index in [-0.39, 0.29) is 59.4 Å². The molecule has 6 saturated heterocycles. The van der Waals surface area contributed by atoms with E-state index in [2.05, 4.69) is 167 Å². The summed E-state index contributed by atoms with van der Waals surface area (Å²) in [5, 5.41) is 14.8. The summed E-state index contributed by atoms with van der Waals surface area (Å²) in [4.78, 5) is 100. The molecule has 123 heavy (non-hydrogen) atoms. The Hall–Kier alpha value is -11.4. The van der Waals surface area contributed by atoms with Crippen molar-refractivity contribution >= 4 is 85.4 Å². The monoisotopic (exact) mass is 1690 g/mol. The number of amides is 3. The maximum atomic E-state index is 14.9. The molecule has 9 aliphatic rings. The normalized spacial score (nSPS) is 20.0. The molecule has 0 spiro atoms. The van der Waals surface area contributed by atoms with Crippen LogP contribution in [0, 0.1) is 19.0 Å². The molecule has 17 rings (SSSR count). The van der Waals surface area contributed by atoms with Gasteiger partial charge in [0.15, 0.2) is 5.82 Å². The molecule has 0 aliphatic carbocycles. The molecule has 1 unspecified atom stereocenters. The molecule has 4 atom stereocenters. The van der Waals surface area contributed by atoms with Crippen molar-refractivity contribution in [1.82, 2.24) is 59.3 Å². The molecule has 9 aliphatic heterocycles. The number of phenols is 1. The summed E-state index contributed by atoms with van der Waals surface area (Å²) in [5.41, 5.74) is 8.67. The minimum Gasteiger partial charge on any atom is -0.508 e. The van der Waals surface area contributed by atoms with E-state index in [0.717, 1.165) is 142 Å². The number of aromatic nitrogens is 6. The largest absolute Gasteiger partial charge is 0.508 e. The summed E-state index contributed by atoms with van der Waals surface area (Å²) in [6, 6.07) is 34.0. The number of piperazine rings is 3. The molecule has 27 nitrogen and oxygen atoms in total. The number of aromatic hydroxyl groups is 1. The first-order chi connectivity index (χ1) is 60.1. The van der Waals surface area contributed by atoms with Gasteiger partial charge in [0, 0.05) is 155 Å². The third-order valence-electron chi connectivity index (χ3n) is 25.7. The van der Waals surface area contributed by atoms with Crippen LogP contribution in [0.4, 0.5) is 38.9 Å². The Balaban J connectivity index is 0.000000143. The van der Waals surface area contributed by atoms with Crippen LogP contribution >= 0.6 is 11.6 Å². The number of carbonyl (C=O) groups excluding carboxylic acids is 3. The minimum absolute atomic E-state index is 0.0699. The number of halogens is 2. The van der Waals surface area contributed by atoms with Crippen molar-refractivity contribution in [3.63, 3.8) is 0 Å². The summed E-state index contributed by atoms with van der Waals surface area (Å²) in [5.74, 6) is 1.60. The van der Waals surface area contributed by atoms with E-state index in [0.29, 0.717) is 148 Å². The lowest BCUT2D eigenvalue weighted by Crippen LogP contribution is -2.56. The van der Waals surface area contributed by atoms with Gasteiger partial charge >= 0.3 is 18.0 Å². The van der Waals surface area contributed by atoms with Gasteiger partial charge in [-0.05, 0) is 145 Å². The van der Waals surface area contributed by atoms with Gasteiger partial charge in [-0.3, -0.25) is 24.2 Å². The number of rotatable bonds is 24. The number of likely N-dealkylation sites (tertiary alicyclic amines) is 3. The fraction of sp³-hybridized carbons (Fsp3) is 0.479. The standard InChI is InChI=1S/2C33H39N7O2.C28H36ClFN6O3/c2*1-4-31(41)40-19-18-39(21-26(40)20-34-3)32-28-15-17-38(30-14-8-11-24-10-6-7-13-27(24)30)22-29(28)35-33(36-32)42-23-25-12-9-16-37(25)5-2;1-2-25(38)34-12-14-35(15-13-34)27-21-7-11-36(24-18-20(37)17-22(29)26(24)30)19-23(21)31-28(32-27)39-16-6-10-33-8-4-3-5-9-33/h2*4,6-8,10-11,13-14,25-26H,1,5,9,12,15-23H2,2H3;2,17-18,37H,1,3-16,19H2/t25-,26?;25-,26-;/m00./s1. The summed E-state index contributed by atoms with van der Waals surface area (Å²) in [6.45, 7) is 49.7. The molecule has 12 heterocycles. The quantitative estimate of drug-likeness (QED) is 0.0337.